The number of carbonyl (C=O) groups is 1. The average Bonchev–Trinajstić information content (AvgIpc) is 2.45. The minimum Gasteiger partial charge on any atom is -0.381 e. The van der Waals surface area contributed by atoms with Crippen LogP contribution < -0.4 is 10.6 Å². The van der Waals surface area contributed by atoms with E-state index in [9.17, 15) is 4.79 Å². The van der Waals surface area contributed by atoms with Crippen LogP contribution in [0.1, 0.15) is 33.1 Å². The van der Waals surface area contributed by atoms with E-state index in [1.165, 1.54) is 0 Å². The van der Waals surface area contributed by atoms with Crippen molar-refractivity contribution in [3.05, 3.63) is 0 Å². The zero-order chi connectivity index (χ0) is 13.9. The second-order valence-corrected chi connectivity index (χ2v) is 5.53. The number of hydrogen-bond donors (Lipinski definition) is 2. The van der Waals surface area contributed by atoms with Crippen LogP contribution in [-0.4, -0.2) is 51.0 Å². The Bertz CT molecular complexity index is 312. The van der Waals surface area contributed by atoms with Crippen molar-refractivity contribution in [3.8, 4) is 0 Å². The van der Waals surface area contributed by atoms with E-state index in [1.807, 2.05) is 0 Å². The Labute approximate surface area is 115 Å². The predicted octanol–water partition coefficient (Wildman–Crippen LogP) is 0.685. The molecule has 2 N–H and O–H groups in total. The number of ether oxygens (including phenoxy) is 2. The third kappa shape index (κ3) is 2.64. The molecule has 1 aliphatic heterocycles. The molecule has 110 valence electrons. The first kappa shape index (κ1) is 14.8. The normalized spacial score (nSPS) is 33.5. The lowest BCUT2D eigenvalue weighted by molar-refractivity contribution is -0.150. The number of amides is 1. The summed E-state index contributed by atoms with van der Waals surface area (Å²) in [7, 11) is 1.76. The van der Waals surface area contributed by atoms with Crippen molar-refractivity contribution in [2.24, 2.45) is 5.41 Å². The van der Waals surface area contributed by atoms with Gasteiger partial charge in [-0.15, -0.1) is 0 Å². The van der Waals surface area contributed by atoms with Crippen molar-refractivity contribution in [3.63, 3.8) is 0 Å². The molecule has 0 aromatic carbocycles. The van der Waals surface area contributed by atoms with Gasteiger partial charge in [0.2, 0.25) is 0 Å². The van der Waals surface area contributed by atoms with Crippen LogP contribution >= 0.6 is 0 Å². The molecule has 0 bridgehead atoms. The average molecular weight is 270 g/mol. The SMILES string of the molecule is CCC1(CC)C(NC(=O)C2CNCCO2)CC1OC. The summed E-state index contributed by atoms with van der Waals surface area (Å²) in [5.41, 5.74) is 0.0898. The topological polar surface area (TPSA) is 59.6 Å². The van der Waals surface area contributed by atoms with Gasteiger partial charge in [0.15, 0.2) is 0 Å². The number of morpholine rings is 1. The Morgan fingerprint density at radius 2 is 2.21 bits per heavy atom. The third-order valence-corrected chi connectivity index (χ3v) is 4.92. The monoisotopic (exact) mass is 270 g/mol. The molecule has 0 aromatic heterocycles. The van der Waals surface area contributed by atoms with Crippen LogP contribution in [0.15, 0.2) is 0 Å². The van der Waals surface area contributed by atoms with Gasteiger partial charge in [0.05, 0.1) is 12.7 Å². The van der Waals surface area contributed by atoms with Crippen LogP contribution in [-0.2, 0) is 14.3 Å². The summed E-state index contributed by atoms with van der Waals surface area (Å²) in [6.07, 6.45) is 2.87. The summed E-state index contributed by atoms with van der Waals surface area (Å²) in [5.74, 6) is 0.0121. The molecule has 5 heteroatoms. The zero-order valence-corrected chi connectivity index (χ0v) is 12.2. The molecule has 2 fully saturated rings. The van der Waals surface area contributed by atoms with Crippen molar-refractivity contribution >= 4 is 5.91 Å². The van der Waals surface area contributed by atoms with E-state index in [0.717, 1.165) is 25.8 Å². The van der Waals surface area contributed by atoms with E-state index in [-0.39, 0.29) is 29.6 Å². The maximum Gasteiger partial charge on any atom is 0.250 e. The molecule has 3 atom stereocenters. The third-order valence-electron chi connectivity index (χ3n) is 4.92. The van der Waals surface area contributed by atoms with Crippen LogP contribution in [0.3, 0.4) is 0 Å². The fourth-order valence-electron chi connectivity index (χ4n) is 3.48. The highest BCUT2D eigenvalue weighted by Crippen LogP contribution is 2.48. The first-order valence-electron chi connectivity index (χ1n) is 7.33. The summed E-state index contributed by atoms with van der Waals surface area (Å²) in [5, 5.41) is 6.34. The van der Waals surface area contributed by atoms with Crippen LogP contribution in [0.25, 0.3) is 0 Å². The van der Waals surface area contributed by atoms with Crippen LogP contribution in [0.2, 0.25) is 0 Å². The highest BCUT2D eigenvalue weighted by molar-refractivity contribution is 5.81. The van der Waals surface area contributed by atoms with Gasteiger partial charge >= 0.3 is 0 Å². The molecular formula is C14H26N2O3. The molecule has 1 heterocycles. The minimum absolute atomic E-state index is 0.0121. The molecule has 1 saturated heterocycles. The molecule has 0 aromatic rings. The van der Waals surface area contributed by atoms with Gasteiger partial charge in [-0.05, 0) is 19.3 Å². The van der Waals surface area contributed by atoms with Gasteiger partial charge < -0.3 is 20.1 Å². The van der Waals surface area contributed by atoms with Crippen LogP contribution in [0.5, 0.6) is 0 Å². The number of nitrogens with one attached hydrogen (secondary N) is 2. The Kier molecular flexibility index (Phi) is 4.81. The van der Waals surface area contributed by atoms with Gasteiger partial charge in [-0.2, -0.15) is 0 Å². The summed E-state index contributed by atoms with van der Waals surface area (Å²) in [6, 6.07) is 0.213. The molecule has 1 aliphatic carbocycles. The fraction of sp³-hybridized carbons (Fsp3) is 0.929. The van der Waals surface area contributed by atoms with Gasteiger partial charge in [-0.1, -0.05) is 13.8 Å². The zero-order valence-electron chi connectivity index (χ0n) is 12.2. The summed E-state index contributed by atoms with van der Waals surface area (Å²) in [6.45, 7) is 6.39. The highest BCUT2D eigenvalue weighted by atomic mass is 16.5. The van der Waals surface area contributed by atoms with E-state index in [4.69, 9.17) is 9.47 Å². The molecule has 2 rings (SSSR count). The molecule has 19 heavy (non-hydrogen) atoms. The quantitative estimate of drug-likeness (QED) is 0.771. The van der Waals surface area contributed by atoms with Gasteiger partial charge in [0.1, 0.15) is 6.10 Å². The Morgan fingerprint density at radius 1 is 1.47 bits per heavy atom. The molecule has 3 unspecified atom stereocenters. The molecule has 1 saturated carbocycles. The maximum absolute atomic E-state index is 12.2. The van der Waals surface area contributed by atoms with Crippen molar-refractivity contribution in [2.75, 3.05) is 26.8 Å². The Morgan fingerprint density at radius 3 is 2.74 bits per heavy atom. The van der Waals surface area contributed by atoms with Crippen LogP contribution in [0.4, 0.5) is 0 Å². The molecular weight excluding hydrogens is 244 g/mol. The molecule has 2 aliphatic rings. The lowest BCUT2D eigenvalue weighted by atomic mass is 9.58. The van der Waals surface area contributed by atoms with Gasteiger partial charge in [0, 0.05) is 31.7 Å². The second kappa shape index (κ2) is 6.20. The van der Waals surface area contributed by atoms with Gasteiger partial charge in [-0.25, -0.2) is 0 Å². The molecule has 0 radical (unpaired) electrons. The highest BCUT2D eigenvalue weighted by Gasteiger charge is 2.53. The second-order valence-electron chi connectivity index (χ2n) is 5.53. The Balaban J connectivity index is 1.93. The first-order valence-corrected chi connectivity index (χ1v) is 7.33. The smallest absolute Gasteiger partial charge is 0.250 e. The fourth-order valence-corrected chi connectivity index (χ4v) is 3.48. The molecule has 5 nitrogen and oxygen atoms in total. The standard InChI is InChI=1S/C14H26N2O3/c1-4-14(5-2)11(8-12(14)18-3)16-13(17)10-9-15-6-7-19-10/h10-12,15H,4-9H2,1-3H3,(H,16,17). The first-order chi connectivity index (χ1) is 9.17. The van der Waals surface area contributed by atoms with Crippen molar-refractivity contribution in [2.45, 2.75) is 51.4 Å². The van der Waals surface area contributed by atoms with Gasteiger partial charge in [0.25, 0.3) is 5.91 Å². The van der Waals surface area contributed by atoms with E-state index < -0.39 is 0 Å². The Hall–Kier alpha value is -0.650. The van der Waals surface area contributed by atoms with Crippen molar-refractivity contribution < 1.29 is 14.3 Å². The summed E-state index contributed by atoms with van der Waals surface area (Å²) >= 11 is 0. The predicted molar refractivity (Wildman–Crippen MR) is 73.0 cm³/mol. The minimum atomic E-state index is -0.346. The van der Waals surface area contributed by atoms with E-state index >= 15 is 0 Å². The summed E-state index contributed by atoms with van der Waals surface area (Å²) in [4.78, 5) is 12.2. The van der Waals surface area contributed by atoms with E-state index in [2.05, 4.69) is 24.5 Å². The lowest BCUT2D eigenvalue weighted by Gasteiger charge is -2.55. The largest absolute Gasteiger partial charge is 0.381 e. The number of hydrogen-bond acceptors (Lipinski definition) is 4. The summed E-state index contributed by atoms with van der Waals surface area (Å²) < 4.78 is 11.0. The van der Waals surface area contributed by atoms with Crippen LogP contribution in [0, 0.1) is 5.41 Å². The van der Waals surface area contributed by atoms with Gasteiger partial charge in [-0.3, -0.25) is 4.79 Å². The maximum atomic E-state index is 12.2. The number of rotatable bonds is 5. The molecule has 1 amide bonds. The lowest BCUT2D eigenvalue weighted by Crippen LogP contribution is -2.65. The van der Waals surface area contributed by atoms with E-state index in [0.29, 0.717) is 13.2 Å². The molecule has 0 spiro atoms. The number of methoxy groups -OCH3 is 1. The van der Waals surface area contributed by atoms with E-state index in [1.54, 1.807) is 7.11 Å². The van der Waals surface area contributed by atoms with Crippen molar-refractivity contribution in [1.29, 1.82) is 0 Å². The van der Waals surface area contributed by atoms with Crippen molar-refractivity contribution in [1.82, 2.24) is 10.6 Å². The number of carbonyl (C=O) groups excluding carboxylic acids is 1.